The highest BCUT2D eigenvalue weighted by atomic mass is 32.2. The number of thiophene rings is 1. The molecule has 0 aliphatic heterocycles. The zero-order valence-electron chi connectivity index (χ0n) is 15.2. The molecule has 27 heavy (non-hydrogen) atoms. The van der Waals surface area contributed by atoms with Gasteiger partial charge < -0.3 is 9.15 Å². The molecule has 0 aliphatic carbocycles. The first-order valence-electron chi connectivity index (χ1n) is 8.35. The fourth-order valence-corrected chi connectivity index (χ4v) is 4.31. The standard InChI is InChI=1S/C18H19N3O4S2/c1-4-21-17(15-6-5-7-24-15)19-20-18(21)26-10-16(23)25-9-14(22)13-8-11(2)27-12(13)3/h5-8H,4,9-10H2,1-3H3. The predicted molar refractivity (Wildman–Crippen MR) is 103 cm³/mol. The second kappa shape index (κ2) is 8.53. The highest BCUT2D eigenvalue weighted by Gasteiger charge is 2.18. The number of furan rings is 1. The van der Waals surface area contributed by atoms with Gasteiger partial charge in [-0.2, -0.15) is 0 Å². The van der Waals surface area contributed by atoms with Gasteiger partial charge in [-0.1, -0.05) is 11.8 Å². The average molecular weight is 406 g/mol. The van der Waals surface area contributed by atoms with E-state index in [0.29, 0.717) is 28.8 Å². The van der Waals surface area contributed by atoms with Gasteiger partial charge in [0.05, 0.1) is 12.0 Å². The maximum absolute atomic E-state index is 12.2. The molecule has 3 aromatic heterocycles. The van der Waals surface area contributed by atoms with Gasteiger partial charge in [-0.05, 0) is 39.0 Å². The second-order valence-corrected chi connectivity index (χ2v) is 8.13. The summed E-state index contributed by atoms with van der Waals surface area (Å²) < 4.78 is 12.3. The van der Waals surface area contributed by atoms with Crippen LogP contribution < -0.4 is 0 Å². The first kappa shape index (κ1) is 19.4. The maximum atomic E-state index is 12.2. The number of carbonyl (C=O) groups excluding carboxylic acids is 2. The lowest BCUT2D eigenvalue weighted by atomic mass is 10.2. The number of Topliss-reactive ketones (excluding diaryl/α,β-unsaturated/α-hetero) is 1. The van der Waals surface area contributed by atoms with Crippen LogP contribution in [0.3, 0.4) is 0 Å². The quantitative estimate of drug-likeness (QED) is 0.320. The summed E-state index contributed by atoms with van der Waals surface area (Å²) in [6, 6.07) is 5.41. The van der Waals surface area contributed by atoms with Crippen LogP contribution in [0.25, 0.3) is 11.6 Å². The van der Waals surface area contributed by atoms with Gasteiger partial charge >= 0.3 is 5.97 Å². The Kier molecular flexibility index (Phi) is 6.12. The molecule has 142 valence electrons. The topological polar surface area (TPSA) is 87.2 Å². The summed E-state index contributed by atoms with van der Waals surface area (Å²) in [5.74, 6) is 0.614. The van der Waals surface area contributed by atoms with Crippen LogP contribution in [0.2, 0.25) is 0 Å². The lowest BCUT2D eigenvalue weighted by Gasteiger charge is -2.06. The lowest BCUT2D eigenvalue weighted by Crippen LogP contribution is -2.16. The van der Waals surface area contributed by atoms with E-state index in [2.05, 4.69) is 10.2 Å². The van der Waals surface area contributed by atoms with Gasteiger partial charge in [-0.15, -0.1) is 21.5 Å². The summed E-state index contributed by atoms with van der Waals surface area (Å²) in [5.41, 5.74) is 0.617. The third-order valence-electron chi connectivity index (χ3n) is 3.80. The van der Waals surface area contributed by atoms with E-state index < -0.39 is 5.97 Å². The minimum Gasteiger partial charge on any atom is -0.461 e. The number of esters is 1. The number of thioether (sulfide) groups is 1. The summed E-state index contributed by atoms with van der Waals surface area (Å²) in [6.45, 7) is 6.17. The highest BCUT2D eigenvalue weighted by molar-refractivity contribution is 7.99. The van der Waals surface area contributed by atoms with E-state index in [1.165, 1.54) is 11.8 Å². The van der Waals surface area contributed by atoms with Crippen LogP contribution in [0.1, 0.15) is 27.0 Å². The SMILES string of the molecule is CCn1c(SCC(=O)OCC(=O)c2cc(C)sc2C)nnc1-c1ccco1. The Balaban J connectivity index is 1.55. The van der Waals surface area contributed by atoms with E-state index in [4.69, 9.17) is 9.15 Å². The molecule has 0 amide bonds. The molecule has 7 nitrogen and oxygen atoms in total. The number of aromatic nitrogens is 3. The number of carbonyl (C=O) groups is 2. The van der Waals surface area contributed by atoms with Crippen molar-refractivity contribution in [3.05, 3.63) is 39.8 Å². The van der Waals surface area contributed by atoms with Crippen molar-refractivity contribution >= 4 is 34.9 Å². The van der Waals surface area contributed by atoms with Crippen LogP contribution in [-0.4, -0.2) is 38.9 Å². The van der Waals surface area contributed by atoms with Crippen molar-refractivity contribution in [3.63, 3.8) is 0 Å². The zero-order valence-corrected chi connectivity index (χ0v) is 16.9. The predicted octanol–water partition coefficient (Wildman–Crippen LogP) is 3.75. The molecule has 0 unspecified atom stereocenters. The summed E-state index contributed by atoms with van der Waals surface area (Å²) in [7, 11) is 0. The lowest BCUT2D eigenvalue weighted by molar-refractivity contribution is -0.139. The highest BCUT2D eigenvalue weighted by Crippen LogP contribution is 2.24. The maximum Gasteiger partial charge on any atom is 0.316 e. The van der Waals surface area contributed by atoms with Crippen LogP contribution in [0, 0.1) is 13.8 Å². The van der Waals surface area contributed by atoms with Gasteiger partial charge in [0.25, 0.3) is 0 Å². The van der Waals surface area contributed by atoms with E-state index in [9.17, 15) is 9.59 Å². The Hall–Kier alpha value is -2.39. The van der Waals surface area contributed by atoms with Crippen LogP contribution in [-0.2, 0) is 16.1 Å². The first-order valence-corrected chi connectivity index (χ1v) is 10.2. The van der Waals surface area contributed by atoms with E-state index >= 15 is 0 Å². The largest absolute Gasteiger partial charge is 0.461 e. The molecule has 9 heteroatoms. The summed E-state index contributed by atoms with van der Waals surface area (Å²) in [6.07, 6.45) is 1.57. The number of ketones is 1. The number of nitrogens with zero attached hydrogens (tertiary/aromatic N) is 3. The molecule has 0 fully saturated rings. The molecule has 0 aromatic carbocycles. The third-order valence-corrected chi connectivity index (χ3v) is 5.71. The molecule has 0 saturated heterocycles. The Morgan fingerprint density at radius 2 is 2.15 bits per heavy atom. The minimum absolute atomic E-state index is 0.0468. The van der Waals surface area contributed by atoms with Crippen molar-refractivity contribution in [2.24, 2.45) is 0 Å². The molecule has 3 rings (SSSR count). The summed E-state index contributed by atoms with van der Waals surface area (Å²) in [5, 5.41) is 8.84. The molecule has 3 aromatic rings. The van der Waals surface area contributed by atoms with E-state index in [1.807, 2.05) is 31.4 Å². The second-order valence-electron chi connectivity index (χ2n) is 5.73. The van der Waals surface area contributed by atoms with Crippen LogP contribution in [0.5, 0.6) is 0 Å². The van der Waals surface area contributed by atoms with E-state index in [-0.39, 0.29) is 18.1 Å². The number of hydrogen-bond donors (Lipinski definition) is 0. The van der Waals surface area contributed by atoms with Crippen molar-refractivity contribution in [2.75, 3.05) is 12.4 Å². The molecule has 0 radical (unpaired) electrons. The Bertz CT molecular complexity index is 944. The van der Waals surface area contributed by atoms with Crippen molar-refractivity contribution in [3.8, 4) is 11.6 Å². The van der Waals surface area contributed by atoms with Gasteiger partial charge in [0, 0.05) is 21.9 Å². The van der Waals surface area contributed by atoms with Crippen molar-refractivity contribution in [2.45, 2.75) is 32.5 Å². The van der Waals surface area contributed by atoms with Gasteiger partial charge in [-0.3, -0.25) is 14.2 Å². The fraction of sp³-hybridized carbons (Fsp3) is 0.333. The number of aryl methyl sites for hydroxylation is 2. The molecule has 0 spiro atoms. The number of rotatable bonds is 8. The van der Waals surface area contributed by atoms with Crippen molar-refractivity contribution in [1.82, 2.24) is 14.8 Å². The molecule has 0 saturated carbocycles. The fourth-order valence-electron chi connectivity index (χ4n) is 2.57. The monoisotopic (exact) mass is 405 g/mol. The Labute approximate surface area is 164 Å². The van der Waals surface area contributed by atoms with Gasteiger partial charge in [0.15, 0.2) is 23.3 Å². The molecular formula is C18H19N3O4S2. The molecule has 0 bridgehead atoms. The Morgan fingerprint density at radius 1 is 1.33 bits per heavy atom. The molecule has 0 aliphatic rings. The van der Waals surface area contributed by atoms with Crippen LogP contribution in [0.4, 0.5) is 0 Å². The number of ether oxygens (including phenoxy) is 1. The van der Waals surface area contributed by atoms with Crippen LogP contribution in [0.15, 0.2) is 34.0 Å². The van der Waals surface area contributed by atoms with E-state index in [0.717, 1.165) is 9.75 Å². The summed E-state index contributed by atoms with van der Waals surface area (Å²) in [4.78, 5) is 26.2. The molecule has 0 atom stereocenters. The van der Waals surface area contributed by atoms with Crippen molar-refractivity contribution < 1.29 is 18.7 Å². The number of hydrogen-bond acceptors (Lipinski definition) is 8. The van der Waals surface area contributed by atoms with Crippen LogP contribution >= 0.6 is 23.1 Å². The normalized spacial score (nSPS) is 10.9. The summed E-state index contributed by atoms with van der Waals surface area (Å²) >= 11 is 2.77. The average Bonchev–Trinajstić information content (AvgIpc) is 3.36. The first-order chi connectivity index (χ1) is 13.0. The van der Waals surface area contributed by atoms with Gasteiger partial charge in [0.2, 0.25) is 5.78 Å². The van der Waals surface area contributed by atoms with E-state index in [1.54, 1.807) is 29.7 Å². The minimum atomic E-state index is -0.469. The molecule has 3 heterocycles. The third kappa shape index (κ3) is 4.48. The van der Waals surface area contributed by atoms with Gasteiger partial charge in [0.1, 0.15) is 0 Å². The van der Waals surface area contributed by atoms with Crippen molar-refractivity contribution in [1.29, 1.82) is 0 Å². The van der Waals surface area contributed by atoms with Gasteiger partial charge in [-0.25, -0.2) is 0 Å². The smallest absolute Gasteiger partial charge is 0.316 e. The molecular weight excluding hydrogens is 386 g/mol. The molecule has 0 N–H and O–H groups in total. The zero-order chi connectivity index (χ0) is 19.4. The Morgan fingerprint density at radius 3 is 2.78 bits per heavy atom.